The van der Waals surface area contributed by atoms with Crippen molar-refractivity contribution in [1.82, 2.24) is 4.98 Å². The molecule has 0 unspecified atom stereocenters. The van der Waals surface area contributed by atoms with Crippen molar-refractivity contribution >= 4 is 27.3 Å². The molecule has 2 aromatic rings. The number of hydrogen-bond acceptors (Lipinski definition) is 4. The fraction of sp³-hybridized carbons (Fsp3) is 0.267. The maximum atomic E-state index is 13.3. The summed E-state index contributed by atoms with van der Waals surface area (Å²) < 4.78 is 19.4. The molecule has 1 heterocycles. The summed E-state index contributed by atoms with van der Waals surface area (Å²) in [7, 11) is 0. The van der Waals surface area contributed by atoms with E-state index in [1.807, 2.05) is 26.0 Å². The lowest BCUT2D eigenvalue weighted by Crippen LogP contribution is -2.11. The lowest BCUT2D eigenvalue weighted by molar-refractivity contribution is 0.230. The Morgan fingerprint density at radius 2 is 2.19 bits per heavy atom. The molecule has 3 N–H and O–H groups in total. The zero-order valence-electron chi connectivity index (χ0n) is 11.9. The summed E-state index contributed by atoms with van der Waals surface area (Å²) in [6.45, 7) is 4.38. The molecule has 1 aromatic carbocycles. The standard InChI is InChI=1S/C15H17BrFN3O/c1-9(2)21-15-10(4-3-5-19-15)8-20-14-6-11(16)12(17)7-13(14)18/h3-7,9,20H,8,18H2,1-2H3. The Morgan fingerprint density at radius 1 is 1.43 bits per heavy atom. The van der Waals surface area contributed by atoms with Crippen LogP contribution in [-0.4, -0.2) is 11.1 Å². The monoisotopic (exact) mass is 353 g/mol. The van der Waals surface area contributed by atoms with E-state index in [4.69, 9.17) is 10.5 Å². The number of anilines is 2. The summed E-state index contributed by atoms with van der Waals surface area (Å²) in [5.41, 5.74) is 7.72. The number of pyridine rings is 1. The van der Waals surface area contributed by atoms with E-state index in [1.54, 1.807) is 12.3 Å². The second-order valence-corrected chi connectivity index (χ2v) is 5.70. The molecule has 0 saturated carbocycles. The molecule has 4 nitrogen and oxygen atoms in total. The van der Waals surface area contributed by atoms with Crippen LogP contribution in [0.15, 0.2) is 34.9 Å². The van der Waals surface area contributed by atoms with E-state index in [-0.39, 0.29) is 11.9 Å². The van der Waals surface area contributed by atoms with Crippen molar-refractivity contribution in [1.29, 1.82) is 0 Å². The van der Waals surface area contributed by atoms with Crippen LogP contribution < -0.4 is 15.8 Å². The molecule has 6 heteroatoms. The lowest BCUT2D eigenvalue weighted by Gasteiger charge is -2.15. The predicted molar refractivity (Wildman–Crippen MR) is 85.8 cm³/mol. The van der Waals surface area contributed by atoms with Crippen LogP contribution in [-0.2, 0) is 6.54 Å². The van der Waals surface area contributed by atoms with Crippen LogP contribution in [0.1, 0.15) is 19.4 Å². The highest BCUT2D eigenvalue weighted by molar-refractivity contribution is 9.10. The van der Waals surface area contributed by atoms with Crippen LogP contribution in [0.5, 0.6) is 5.88 Å². The lowest BCUT2D eigenvalue weighted by atomic mass is 10.2. The van der Waals surface area contributed by atoms with Gasteiger partial charge in [0.05, 0.1) is 22.0 Å². The third-order valence-corrected chi connectivity index (χ3v) is 3.37. The van der Waals surface area contributed by atoms with Crippen LogP contribution in [0.4, 0.5) is 15.8 Å². The molecule has 0 fully saturated rings. The normalized spacial score (nSPS) is 10.7. The number of benzene rings is 1. The fourth-order valence-electron chi connectivity index (χ4n) is 1.79. The van der Waals surface area contributed by atoms with Gasteiger partial charge in [-0.15, -0.1) is 0 Å². The van der Waals surface area contributed by atoms with Crippen molar-refractivity contribution in [2.45, 2.75) is 26.5 Å². The molecular formula is C15H17BrFN3O. The number of aromatic nitrogens is 1. The van der Waals surface area contributed by atoms with Crippen molar-refractivity contribution in [2.75, 3.05) is 11.1 Å². The van der Waals surface area contributed by atoms with Gasteiger partial charge in [-0.25, -0.2) is 9.37 Å². The molecule has 0 amide bonds. The van der Waals surface area contributed by atoms with E-state index in [1.165, 1.54) is 6.07 Å². The number of nitrogens with zero attached hydrogens (tertiary/aromatic N) is 1. The molecule has 0 aliphatic rings. The van der Waals surface area contributed by atoms with Gasteiger partial charge in [-0.2, -0.15) is 0 Å². The molecule has 1 aromatic heterocycles. The predicted octanol–water partition coefficient (Wildman–Crippen LogP) is 3.96. The van der Waals surface area contributed by atoms with Crippen LogP contribution in [0.3, 0.4) is 0 Å². The van der Waals surface area contributed by atoms with Gasteiger partial charge in [0.15, 0.2) is 0 Å². The second-order valence-electron chi connectivity index (χ2n) is 4.84. The zero-order chi connectivity index (χ0) is 15.4. The van der Waals surface area contributed by atoms with E-state index in [0.29, 0.717) is 28.3 Å². The van der Waals surface area contributed by atoms with E-state index in [2.05, 4.69) is 26.2 Å². The average molecular weight is 354 g/mol. The Bertz CT molecular complexity index is 634. The minimum Gasteiger partial charge on any atom is -0.475 e. The summed E-state index contributed by atoms with van der Waals surface area (Å²) in [5, 5.41) is 3.17. The van der Waals surface area contributed by atoms with Crippen molar-refractivity contribution in [3.05, 3.63) is 46.3 Å². The van der Waals surface area contributed by atoms with Crippen LogP contribution in [0.25, 0.3) is 0 Å². The molecule has 112 valence electrons. The van der Waals surface area contributed by atoms with E-state index in [9.17, 15) is 4.39 Å². The highest BCUT2D eigenvalue weighted by atomic mass is 79.9. The first-order chi connectivity index (χ1) is 9.97. The van der Waals surface area contributed by atoms with Gasteiger partial charge in [0.25, 0.3) is 0 Å². The fourth-order valence-corrected chi connectivity index (χ4v) is 2.14. The number of ether oxygens (including phenoxy) is 1. The van der Waals surface area contributed by atoms with Gasteiger partial charge in [0.1, 0.15) is 5.82 Å². The number of hydrogen-bond donors (Lipinski definition) is 2. The van der Waals surface area contributed by atoms with Gasteiger partial charge in [-0.05, 0) is 41.9 Å². The minimum absolute atomic E-state index is 0.0451. The Morgan fingerprint density at radius 3 is 2.90 bits per heavy atom. The Balaban J connectivity index is 2.15. The van der Waals surface area contributed by atoms with Crippen LogP contribution in [0, 0.1) is 5.82 Å². The molecule has 0 bridgehead atoms. The van der Waals surface area contributed by atoms with Crippen molar-refractivity contribution < 1.29 is 9.13 Å². The van der Waals surface area contributed by atoms with Crippen molar-refractivity contribution in [2.24, 2.45) is 0 Å². The molecule has 0 aliphatic heterocycles. The number of nitrogens with two attached hydrogens (primary N) is 1. The van der Waals surface area contributed by atoms with Gasteiger partial charge >= 0.3 is 0 Å². The number of halogens is 2. The van der Waals surface area contributed by atoms with E-state index < -0.39 is 0 Å². The number of nitrogen functional groups attached to an aromatic ring is 1. The Kier molecular flexibility index (Phi) is 5.01. The first-order valence-corrected chi connectivity index (χ1v) is 7.35. The van der Waals surface area contributed by atoms with Crippen LogP contribution >= 0.6 is 15.9 Å². The first-order valence-electron chi connectivity index (χ1n) is 6.56. The molecule has 0 radical (unpaired) electrons. The second kappa shape index (κ2) is 6.76. The molecule has 2 rings (SSSR count). The largest absolute Gasteiger partial charge is 0.475 e. The van der Waals surface area contributed by atoms with Crippen LogP contribution in [0.2, 0.25) is 0 Å². The summed E-state index contributed by atoms with van der Waals surface area (Å²) in [5.74, 6) is 0.197. The number of rotatable bonds is 5. The molecule has 21 heavy (non-hydrogen) atoms. The Labute approximate surface area is 131 Å². The Hall–Kier alpha value is -1.82. The summed E-state index contributed by atoms with van der Waals surface area (Å²) in [4.78, 5) is 4.22. The van der Waals surface area contributed by atoms with E-state index >= 15 is 0 Å². The van der Waals surface area contributed by atoms with E-state index in [0.717, 1.165) is 5.56 Å². The quantitative estimate of drug-likeness (QED) is 0.798. The molecule has 0 aliphatic carbocycles. The first kappa shape index (κ1) is 15.6. The third kappa shape index (κ3) is 4.07. The van der Waals surface area contributed by atoms with Gasteiger partial charge in [0.2, 0.25) is 5.88 Å². The molecular weight excluding hydrogens is 337 g/mol. The smallest absolute Gasteiger partial charge is 0.218 e. The molecule has 0 atom stereocenters. The maximum Gasteiger partial charge on any atom is 0.218 e. The SMILES string of the molecule is CC(C)Oc1ncccc1CNc1cc(Br)c(F)cc1N. The minimum atomic E-state index is -0.386. The highest BCUT2D eigenvalue weighted by Gasteiger charge is 2.09. The molecule has 0 saturated heterocycles. The summed E-state index contributed by atoms with van der Waals surface area (Å²) in [6, 6.07) is 6.66. The maximum absolute atomic E-state index is 13.3. The van der Waals surface area contributed by atoms with Gasteiger partial charge in [-0.3, -0.25) is 0 Å². The van der Waals surface area contributed by atoms with Gasteiger partial charge in [-0.1, -0.05) is 6.07 Å². The molecule has 0 spiro atoms. The van der Waals surface area contributed by atoms with Crippen molar-refractivity contribution in [3.63, 3.8) is 0 Å². The van der Waals surface area contributed by atoms with Gasteiger partial charge < -0.3 is 15.8 Å². The summed E-state index contributed by atoms with van der Waals surface area (Å²) in [6.07, 6.45) is 1.73. The average Bonchev–Trinajstić information content (AvgIpc) is 2.42. The third-order valence-electron chi connectivity index (χ3n) is 2.76. The highest BCUT2D eigenvalue weighted by Crippen LogP contribution is 2.27. The topological polar surface area (TPSA) is 60.2 Å². The number of nitrogens with one attached hydrogen (secondary N) is 1. The summed E-state index contributed by atoms with van der Waals surface area (Å²) >= 11 is 3.15. The zero-order valence-corrected chi connectivity index (χ0v) is 13.4. The van der Waals surface area contributed by atoms with Crippen molar-refractivity contribution in [3.8, 4) is 5.88 Å². The van der Waals surface area contributed by atoms with Gasteiger partial charge in [0, 0.05) is 24.4 Å².